The Morgan fingerprint density at radius 2 is 2.15 bits per heavy atom. The van der Waals surface area contributed by atoms with Crippen molar-refractivity contribution in [2.45, 2.75) is 6.18 Å². The molecule has 1 aromatic rings. The molecular weight excluding hydrogens is 191 g/mol. The van der Waals surface area contributed by atoms with Gasteiger partial charge in [0, 0.05) is 0 Å². The number of hydrogen-bond donors (Lipinski definition) is 0. The van der Waals surface area contributed by atoms with Crippen molar-refractivity contribution < 1.29 is 18.1 Å². The third kappa shape index (κ3) is 1.76. The van der Waals surface area contributed by atoms with Gasteiger partial charge in [0.05, 0.1) is 18.2 Å². The molecule has 0 spiro atoms. The summed E-state index contributed by atoms with van der Waals surface area (Å²) in [5, 5.41) is 13.1. The van der Waals surface area contributed by atoms with Crippen LogP contribution in [0.1, 0.15) is 5.69 Å². The third-order valence-corrected chi connectivity index (χ3v) is 1.34. The van der Waals surface area contributed by atoms with Crippen LogP contribution in [0, 0.1) is 10.1 Å². The highest BCUT2D eigenvalue weighted by Crippen LogP contribution is 2.30. The molecule has 0 amide bonds. The molecule has 13 heavy (non-hydrogen) atoms. The Morgan fingerprint density at radius 1 is 1.62 bits per heavy atom. The highest BCUT2D eigenvalue weighted by molar-refractivity contribution is 5.23. The van der Waals surface area contributed by atoms with E-state index in [1.165, 1.54) is 0 Å². The Morgan fingerprint density at radius 3 is 2.38 bits per heavy atom. The lowest BCUT2D eigenvalue weighted by atomic mass is 10.4. The molecule has 0 aromatic carbocycles. The summed E-state index contributed by atoms with van der Waals surface area (Å²) >= 11 is 0. The van der Waals surface area contributed by atoms with Gasteiger partial charge in [-0.2, -0.15) is 17.9 Å². The average Bonchev–Trinajstić information content (AvgIpc) is 2.29. The lowest BCUT2D eigenvalue weighted by Gasteiger charge is -2.01. The van der Waals surface area contributed by atoms with Crippen molar-refractivity contribution in [2.75, 3.05) is 0 Å². The molecule has 0 unspecified atom stereocenters. The summed E-state index contributed by atoms with van der Waals surface area (Å²) in [6.45, 7) is 0. The van der Waals surface area contributed by atoms with E-state index in [2.05, 4.69) is 5.10 Å². The fourth-order valence-electron chi connectivity index (χ4n) is 0.807. The minimum absolute atomic E-state index is 0.389. The molecule has 1 rings (SSSR count). The van der Waals surface area contributed by atoms with Crippen molar-refractivity contribution in [3.63, 3.8) is 0 Å². The molecule has 0 N–H and O–H groups in total. The van der Waals surface area contributed by atoms with Crippen molar-refractivity contribution in [3.8, 4) is 0 Å². The number of rotatable bonds is 1. The second-order valence-electron chi connectivity index (χ2n) is 2.27. The first kappa shape index (κ1) is 9.49. The van der Waals surface area contributed by atoms with Crippen LogP contribution in [-0.2, 0) is 13.2 Å². The van der Waals surface area contributed by atoms with Crippen molar-refractivity contribution >= 4 is 5.82 Å². The maximum Gasteiger partial charge on any atom is 0.435 e. The van der Waals surface area contributed by atoms with E-state index in [4.69, 9.17) is 0 Å². The second kappa shape index (κ2) is 2.71. The molecule has 0 saturated heterocycles. The molecule has 0 aliphatic rings. The van der Waals surface area contributed by atoms with E-state index in [1.54, 1.807) is 0 Å². The van der Waals surface area contributed by atoms with Gasteiger partial charge in [-0.05, 0) is 4.92 Å². The second-order valence-corrected chi connectivity index (χ2v) is 2.27. The van der Waals surface area contributed by atoms with Crippen LogP contribution in [-0.4, -0.2) is 14.7 Å². The molecule has 5 nitrogen and oxygen atoms in total. The predicted molar refractivity (Wildman–Crippen MR) is 34.9 cm³/mol. The fraction of sp³-hybridized carbons (Fsp3) is 0.400. The molecule has 0 radical (unpaired) electrons. The van der Waals surface area contributed by atoms with Crippen molar-refractivity contribution in [2.24, 2.45) is 7.05 Å². The molecule has 0 aliphatic carbocycles. The normalized spacial score (nSPS) is 11.7. The summed E-state index contributed by atoms with van der Waals surface area (Å²) in [6, 6.07) is 0.389. The van der Waals surface area contributed by atoms with Crippen molar-refractivity contribution in [1.82, 2.24) is 9.78 Å². The van der Waals surface area contributed by atoms with Gasteiger partial charge in [0.25, 0.3) is 0 Å². The standard InChI is InChI=1S/C5H4F3N3O2/c1-10-3(5(6,7)8)2-4(9-10)11(12)13/h2H,1H3. The monoisotopic (exact) mass is 195 g/mol. The van der Waals surface area contributed by atoms with Crippen LogP contribution >= 0.6 is 0 Å². The fourth-order valence-corrected chi connectivity index (χ4v) is 0.807. The smallest absolute Gasteiger partial charge is 0.358 e. The molecule has 0 fully saturated rings. The van der Waals surface area contributed by atoms with E-state index in [1.807, 2.05) is 0 Å². The van der Waals surface area contributed by atoms with Gasteiger partial charge < -0.3 is 10.1 Å². The van der Waals surface area contributed by atoms with Gasteiger partial charge in [0.15, 0.2) is 5.69 Å². The maximum absolute atomic E-state index is 12.0. The lowest BCUT2D eigenvalue weighted by Crippen LogP contribution is -2.11. The van der Waals surface area contributed by atoms with Crippen LogP contribution in [0.5, 0.6) is 0 Å². The van der Waals surface area contributed by atoms with Gasteiger partial charge in [-0.1, -0.05) is 0 Å². The summed E-state index contributed by atoms with van der Waals surface area (Å²) in [4.78, 5) is 9.08. The highest BCUT2D eigenvalue weighted by Gasteiger charge is 2.38. The summed E-state index contributed by atoms with van der Waals surface area (Å²) in [5.41, 5.74) is -1.14. The molecule has 0 bridgehead atoms. The summed E-state index contributed by atoms with van der Waals surface area (Å²) in [5.74, 6) is -0.810. The predicted octanol–water partition coefficient (Wildman–Crippen LogP) is 1.35. The molecule has 0 atom stereocenters. The summed E-state index contributed by atoms with van der Waals surface area (Å²) < 4.78 is 36.6. The molecule has 8 heteroatoms. The van der Waals surface area contributed by atoms with Gasteiger partial charge in [-0.25, -0.2) is 0 Å². The number of nitro groups is 1. The highest BCUT2D eigenvalue weighted by atomic mass is 19.4. The zero-order valence-electron chi connectivity index (χ0n) is 6.37. The minimum atomic E-state index is -4.62. The third-order valence-electron chi connectivity index (χ3n) is 1.34. The zero-order valence-corrected chi connectivity index (χ0v) is 6.37. The maximum atomic E-state index is 12.0. The largest absolute Gasteiger partial charge is 0.435 e. The topological polar surface area (TPSA) is 61.0 Å². The Hall–Kier alpha value is -1.60. The average molecular weight is 195 g/mol. The molecular formula is C5H4F3N3O2. The summed E-state index contributed by atoms with van der Waals surface area (Å²) in [6.07, 6.45) is -4.62. The van der Waals surface area contributed by atoms with Gasteiger partial charge in [0.2, 0.25) is 0 Å². The van der Waals surface area contributed by atoms with Gasteiger partial charge in [-0.15, -0.1) is 0 Å². The molecule has 0 saturated carbocycles. The van der Waals surface area contributed by atoms with Crippen LogP contribution in [0.2, 0.25) is 0 Å². The van der Waals surface area contributed by atoms with E-state index >= 15 is 0 Å². The van der Waals surface area contributed by atoms with Crippen molar-refractivity contribution in [1.29, 1.82) is 0 Å². The number of nitrogens with zero attached hydrogens (tertiary/aromatic N) is 3. The van der Waals surface area contributed by atoms with Gasteiger partial charge in [-0.3, -0.25) is 0 Å². The van der Waals surface area contributed by atoms with Crippen LogP contribution in [0.25, 0.3) is 0 Å². The number of aromatic nitrogens is 2. The number of alkyl halides is 3. The quantitative estimate of drug-likeness (QED) is 0.501. The first-order chi connectivity index (χ1) is 5.82. The Bertz CT molecular complexity index is 343. The molecule has 72 valence electrons. The number of hydrogen-bond acceptors (Lipinski definition) is 3. The van der Waals surface area contributed by atoms with Gasteiger partial charge in [0.1, 0.15) is 0 Å². The van der Waals surface area contributed by atoms with Crippen LogP contribution < -0.4 is 0 Å². The van der Waals surface area contributed by atoms with E-state index in [0.29, 0.717) is 10.7 Å². The Balaban J connectivity index is 3.18. The number of halogens is 3. The van der Waals surface area contributed by atoms with Crippen LogP contribution in [0.3, 0.4) is 0 Å². The molecule has 0 aliphatic heterocycles. The molecule has 1 aromatic heterocycles. The van der Waals surface area contributed by atoms with Gasteiger partial charge >= 0.3 is 12.0 Å². The van der Waals surface area contributed by atoms with Crippen molar-refractivity contribution in [3.05, 3.63) is 21.9 Å². The van der Waals surface area contributed by atoms with E-state index in [9.17, 15) is 23.3 Å². The Labute approximate surface area is 69.9 Å². The van der Waals surface area contributed by atoms with E-state index in [-0.39, 0.29) is 0 Å². The van der Waals surface area contributed by atoms with E-state index in [0.717, 1.165) is 7.05 Å². The minimum Gasteiger partial charge on any atom is -0.358 e. The van der Waals surface area contributed by atoms with E-state index < -0.39 is 22.6 Å². The number of aryl methyl sites for hydroxylation is 1. The summed E-state index contributed by atoms with van der Waals surface area (Å²) in [7, 11) is 0.996. The molecule has 1 heterocycles. The first-order valence-electron chi connectivity index (χ1n) is 3.08. The Kier molecular flexibility index (Phi) is 1.98. The van der Waals surface area contributed by atoms with Crippen LogP contribution in [0.4, 0.5) is 19.0 Å². The SMILES string of the molecule is Cn1nc([N+](=O)[O-])cc1C(F)(F)F. The zero-order chi connectivity index (χ0) is 10.2. The lowest BCUT2D eigenvalue weighted by molar-refractivity contribution is -0.389. The first-order valence-corrected chi connectivity index (χ1v) is 3.08. The van der Waals surface area contributed by atoms with Crippen LogP contribution in [0.15, 0.2) is 6.07 Å².